The molecule has 28 heavy (non-hydrogen) atoms. The molecule has 0 atom stereocenters. The lowest BCUT2D eigenvalue weighted by atomic mass is 10.2. The van der Waals surface area contributed by atoms with E-state index in [0.29, 0.717) is 11.3 Å². The number of carbonyl (C=O) groups excluding carboxylic acids is 1. The van der Waals surface area contributed by atoms with Crippen molar-refractivity contribution in [2.24, 2.45) is 0 Å². The SMILES string of the molecule is Cc1nn(-c2ccccc2)cc1-c1noc(C(=O)NCc2ccc(F)cc2)n1. The quantitative estimate of drug-likeness (QED) is 0.577. The number of amides is 1. The number of rotatable bonds is 5. The van der Waals surface area contributed by atoms with Gasteiger partial charge in [-0.25, -0.2) is 9.07 Å². The van der Waals surface area contributed by atoms with Gasteiger partial charge in [0.15, 0.2) is 0 Å². The summed E-state index contributed by atoms with van der Waals surface area (Å²) < 4.78 is 19.7. The summed E-state index contributed by atoms with van der Waals surface area (Å²) >= 11 is 0. The maximum absolute atomic E-state index is 12.9. The first-order chi connectivity index (χ1) is 13.6. The standard InChI is InChI=1S/C20H16FN5O2/c1-13-17(12-26(24-13)16-5-3-2-4-6-16)18-23-20(28-25-18)19(27)22-11-14-7-9-15(21)10-8-14/h2-10,12H,11H2,1H3,(H,22,27). The van der Waals surface area contributed by atoms with Crippen LogP contribution in [-0.2, 0) is 6.54 Å². The smallest absolute Gasteiger partial charge is 0.316 e. The minimum Gasteiger partial charge on any atom is -0.344 e. The van der Waals surface area contributed by atoms with Crippen LogP contribution in [0.1, 0.15) is 21.9 Å². The fourth-order valence-electron chi connectivity index (χ4n) is 2.68. The predicted octanol–water partition coefficient (Wildman–Crippen LogP) is 3.30. The molecule has 4 rings (SSSR count). The van der Waals surface area contributed by atoms with E-state index in [-0.39, 0.29) is 24.1 Å². The van der Waals surface area contributed by atoms with Crippen LogP contribution < -0.4 is 5.32 Å². The van der Waals surface area contributed by atoms with Crippen LogP contribution in [0.3, 0.4) is 0 Å². The number of benzene rings is 2. The average molecular weight is 377 g/mol. The van der Waals surface area contributed by atoms with E-state index < -0.39 is 5.91 Å². The summed E-state index contributed by atoms with van der Waals surface area (Å²) in [4.78, 5) is 16.4. The van der Waals surface area contributed by atoms with E-state index in [2.05, 4.69) is 20.6 Å². The molecule has 1 N–H and O–H groups in total. The molecule has 7 nitrogen and oxygen atoms in total. The van der Waals surface area contributed by atoms with Crippen molar-refractivity contribution in [2.45, 2.75) is 13.5 Å². The Morgan fingerprint density at radius 2 is 1.89 bits per heavy atom. The number of hydrogen-bond acceptors (Lipinski definition) is 5. The molecule has 0 aliphatic rings. The second kappa shape index (κ2) is 7.43. The minimum atomic E-state index is -0.504. The monoisotopic (exact) mass is 377 g/mol. The second-order valence-electron chi connectivity index (χ2n) is 6.14. The van der Waals surface area contributed by atoms with Gasteiger partial charge in [0, 0.05) is 12.7 Å². The Hall–Kier alpha value is -3.81. The molecule has 140 valence electrons. The first-order valence-corrected chi connectivity index (χ1v) is 8.58. The topological polar surface area (TPSA) is 85.8 Å². The molecule has 4 aromatic rings. The Bertz CT molecular complexity index is 1100. The number of para-hydroxylation sites is 1. The molecule has 8 heteroatoms. The number of aryl methyl sites for hydroxylation is 1. The van der Waals surface area contributed by atoms with Gasteiger partial charge in [-0.2, -0.15) is 10.1 Å². The zero-order valence-electron chi connectivity index (χ0n) is 15.0. The Kier molecular flexibility index (Phi) is 4.67. The first kappa shape index (κ1) is 17.6. The fraction of sp³-hybridized carbons (Fsp3) is 0.100. The summed E-state index contributed by atoms with van der Waals surface area (Å²) in [6.07, 6.45) is 1.79. The lowest BCUT2D eigenvalue weighted by Gasteiger charge is -2.01. The fourth-order valence-corrected chi connectivity index (χ4v) is 2.68. The van der Waals surface area contributed by atoms with Gasteiger partial charge in [0.1, 0.15) is 5.82 Å². The normalized spacial score (nSPS) is 10.8. The summed E-state index contributed by atoms with van der Waals surface area (Å²) in [5.74, 6) is -0.699. The number of carbonyl (C=O) groups is 1. The summed E-state index contributed by atoms with van der Waals surface area (Å²) in [5, 5.41) is 11.0. The minimum absolute atomic E-state index is 0.149. The Morgan fingerprint density at radius 1 is 1.14 bits per heavy atom. The number of nitrogens with zero attached hydrogens (tertiary/aromatic N) is 4. The van der Waals surface area contributed by atoms with E-state index in [1.807, 2.05) is 37.3 Å². The Balaban J connectivity index is 1.49. The van der Waals surface area contributed by atoms with E-state index in [1.54, 1.807) is 23.0 Å². The van der Waals surface area contributed by atoms with Crippen molar-refractivity contribution in [3.63, 3.8) is 0 Å². The molecular formula is C20H16FN5O2. The molecule has 0 spiro atoms. The van der Waals surface area contributed by atoms with Crippen LogP contribution in [0.25, 0.3) is 17.1 Å². The highest BCUT2D eigenvalue weighted by Gasteiger charge is 2.19. The summed E-state index contributed by atoms with van der Waals surface area (Å²) in [5.41, 5.74) is 3.04. The molecule has 0 aliphatic heterocycles. The number of aromatic nitrogens is 4. The van der Waals surface area contributed by atoms with Crippen molar-refractivity contribution in [1.82, 2.24) is 25.2 Å². The van der Waals surface area contributed by atoms with E-state index in [1.165, 1.54) is 12.1 Å². The van der Waals surface area contributed by atoms with E-state index in [4.69, 9.17) is 4.52 Å². The largest absolute Gasteiger partial charge is 0.344 e. The zero-order chi connectivity index (χ0) is 19.5. The molecule has 2 aromatic carbocycles. The van der Waals surface area contributed by atoms with Gasteiger partial charge in [0.05, 0.1) is 16.9 Å². The number of halogens is 1. The number of hydrogen-bond donors (Lipinski definition) is 1. The van der Waals surface area contributed by atoms with E-state index in [0.717, 1.165) is 11.3 Å². The highest BCUT2D eigenvalue weighted by molar-refractivity contribution is 5.89. The molecule has 2 heterocycles. The highest BCUT2D eigenvalue weighted by atomic mass is 19.1. The van der Waals surface area contributed by atoms with Gasteiger partial charge in [-0.05, 0) is 36.8 Å². The van der Waals surface area contributed by atoms with Gasteiger partial charge in [-0.15, -0.1) is 0 Å². The first-order valence-electron chi connectivity index (χ1n) is 8.58. The highest BCUT2D eigenvalue weighted by Crippen LogP contribution is 2.21. The summed E-state index contributed by atoms with van der Waals surface area (Å²) in [7, 11) is 0. The van der Waals surface area contributed by atoms with Gasteiger partial charge < -0.3 is 9.84 Å². The third kappa shape index (κ3) is 3.66. The van der Waals surface area contributed by atoms with Gasteiger partial charge in [0.25, 0.3) is 0 Å². The lowest BCUT2D eigenvalue weighted by Crippen LogP contribution is -2.23. The second-order valence-corrected chi connectivity index (χ2v) is 6.14. The summed E-state index contributed by atoms with van der Waals surface area (Å²) in [6, 6.07) is 15.5. The van der Waals surface area contributed by atoms with Gasteiger partial charge in [-0.3, -0.25) is 4.79 Å². The van der Waals surface area contributed by atoms with E-state index >= 15 is 0 Å². The van der Waals surface area contributed by atoms with Crippen LogP contribution in [-0.4, -0.2) is 25.8 Å². The zero-order valence-corrected chi connectivity index (χ0v) is 15.0. The average Bonchev–Trinajstić information content (AvgIpc) is 3.35. The molecule has 0 saturated carbocycles. The van der Waals surface area contributed by atoms with Crippen molar-refractivity contribution < 1.29 is 13.7 Å². The van der Waals surface area contributed by atoms with Crippen molar-refractivity contribution >= 4 is 5.91 Å². The molecule has 0 aliphatic carbocycles. The Morgan fingerprint density at radius 3 is 2.64 bits per heavy atom. The molecule has 0 fully saturated rings. The van der Waals surface area contributed by atoms with Crippen LogP contribution in [0, 0.1) is 12.7 Å². The molecule has 0 unspecified atom stereocenters. The number of nitrogens with one attached hydrogen (secondary N) is 1. The van der Waals surface area contributed by atoms with Gasteiger partial charge in [0.2, 0.25) is 5.82 Å². The van der Waals surface area contributed by atoms with Gasteiger partial charge >= 0.3 is 11.8 Å². The van der Waals surface area contributed by atoms with Crippen LogP contribution >= 0.6 is 0 Å². The van der Waals surface area contributed by atoms with Crippen LogP contribution in [0.15, 0.2) is 65.3 Å². The van der Waals surface area contributed by atoms with Crippen molar-refractivity contribution in [3.05, 3.63) is 83.8 Å². The van der Waals surface area contributed by atoms with Crippen molar-refractivity contribution in [1.29, 1.82) is 0 Å². The third-order valence-electron chi connectivity index (χ3n) is 4.15. The molecule has 2 aromatic heterocycles. The van der Waals surface area contributed by atoms with Gasteiger partial charge in [-0.1, -0.05) is 35.5 Å². The van der Waals surface area contributed by atoms with Crippen LogP contribution in [0.4, 0.5) is 4.39 Å². The Labute approximate surface area is 159 Å². The maximum atomic E-state index is 12.9. The molecule has 0 bridgehead atoms. The molecule has 0 saturated heterocycles. The van der Waals surface area contributed by atoms with Crippen LogP contribution in [0.2, 0.25) is 0 Å². The third-order valence-corrected chi connectivity index (χ3v) is 4.15. The predicted molar refractivity (Wildman–Crippen MR) is 99.2 cm³/mol. The maximum Gasteiger partial charge on any atom is 0.316 e. The van der Waals surface area contributed by atoms with Crippen molar-refractivity contribution in [3.8, 4) is 17.1 Å². The lowest BCUT2D eigenvalue weighted by molar-refractivity contribution is 0.0907. The van der Waals surface area contributed by atoms with Crippen molar-refractivity contribution in [2.75, 3.05) is 0 Å². The van der Waals surface area contributed by atoms with E-state index in [9.17, 15) is 9.18 Å². The van der Waals surface area contributed by atoms with Crippen LogP contribution in [0.5, 0.6) is 0 Å². The molecule has 1 amide bonds. The molecule has 0 radical (unpaired) electrons. The summed E-state index contributed by atoms with van der Waals surface area (Å²) in [6.45, 7) is 2.06. The molecular weight excluding hydrogens is 361 g/mol.